The number of anilines is 1. The van der Waals surface area contributed by atoms with Gasteiger partial charge in [-0.2, -0.15) is 0 Å². The Balaban J connectivity index is 2.05. The fraction of sp³-hybridized carbons (Fsp3) is 0.0769. The first-order valence-electron chi connectivity index (χ1n) is 6.33. The molecule has 3 rings (SSSR count). The first-order chi connectivity index (χ1) is 11.0. The van der Waals surface area contributed by atoms with Crippen LogP contribution in [0.15, 0.2) is 24.7 Å². The van der Waals surface area contributed by atoms with E-state index in [1.54, 1.807) is 6.20 Å². The van der Waals surface area contributed by atoms with Crippen molar-refractivity contribution in [1.29, 1.82) is 0 Å². The Bertz CT molecular complexity index is 914. The molecule has 3 heterocycles. The maximum atomic E-state index is 14.3. The van der Waals surface area contributed by atoms with Gasteiger partial charge in [0.15, 0.2) is 29.2 Å². The molecule has 0 aliphatic heterocycles. The third kappa shape index (κ3) is 2.50. The monoisotopic (exact) mass is 337 g/mol. The Morgan fingerprint density at radius 2 is 2.13 bits per heavy atom. The number of aromatic amines is 1. The second-order valence-electron chi connectivity index (χ2n) is 4.42. The van der Waals surface area contributed by atoms with E-state index in [0.717, 1.165) is 6.20 Å². The minimum absolute atomic E-state index is 0.0229. The molecule has 23 heavy (non-hydrogen) atoms. The number of H-pyrrole nitrogens is 1. The molecule has 0 aromatic carbocycles. The molecule has 0 radical (unpaired) electrons. The minimum atomic E-state index is -0.685. The van der Waals surface area contributed by atoms with Gasteiger partial charge in [0, 0.05) is 13.2 Å². The lowest BCUT2D eigenvalue weighted by molar-refractivity contribution is -0.388. The number of nitrogens with one attached hydrogen (secondary N) is 2. The Labute approximate surface area is 133 Å². The number of hydrogen-bond acceptors (Lipinski definition) is 6. The number of nitrogens with zero attached hydrogens (tertiary/aromatic N) is 3. The van der Waals surface area contributed by atoms with Gasteiger partial charge in [-0.1, -0.05) is 11.6 Å². The summed E-state index contributed by atoms with van der Waals surface area (Å²) in [5.41, 5.74) is 0.351. The Morgan fingerprint density at radius 1 is 1.39 bits per heavy atom. The standard InChI is InChI=1S/C13H9ClFN5O3/c1-16-11-9(14)7(4-19-13(11)20(21)22)23-8-5-18-12-6(10(8)15)2-3-17-12/h2-5,16H,1H3,(H,17,18). The summed E-state index contributed by atoms with van der Waals surface area (Å²) in [6, 6.07) is 1.51. The number of ether oxygens (including phenoxy) is 1. The van der Waals surface area contributed by atoms with Crippen LogP contribution in [-0.4, -0.2) is 26.9 Å². The summed E-state index contributed by atoms with van der Waals surface area (Å²) in [7, 11) is 1.45. The van der Waals surface area contributed by atoms with Crippen LogP contribution in [0.5, 0.6) is 11.5 Å². The summed E-state index contributed by atoms with van der Waals surface area (Å²) in [5, 5.41) is 13.7. The van der Waals surface area contributed by atoms with Gasteiger partial charge in [-0.25, -0.2) is 9.37 Å². The summed E-state index contributed by atoms with van der Waals surface area (Å²) in [6.07, 6.45) is 3.79. The number of halogens is 2. The van der Waals surface area contributed by atoms with E-state index in [-0.39, 0.29) is 27.6 Å². The molecule has 3 aromatic rings. The molecule has 0 amide bonds. The van der Waals surface area contributed by atoms with Gasteiger partial charge < -0.3 is 25.2 Å². The molecular weight excluding hydrogens is 329 g/mol. The lowest BCUT2D eigenvalue weighted by atomic mass is 10.3. The minimum Gasteiger partial charge on any atom is -0.447 e. The van der Waals surface area contributed by atoms with Gasteiger partial charge in [0.05, 0.1) is 11.6 Å². The van der Waals surface area contributed by atoms with Crippen LogP contribution in [0, 0.1) is 15.9 Å². The van der Waals surface area contributed by atoms with Crippen molar-refractivity contribution in [2.24, 2.45) is 0 Å². The second-order valence-corrected chi connectivity index (χ2v) is 4.80. The first-order valence-corrected chi connectivity index (χ1v) is 6.70. The molecule has 0 aliphatic carbocycles. The summed E-state index contributed by atoms with van der Waals surface area (Å²) in [4.78, 5) is 20.7. The van der Waals surface area contributed by atoms with E-state index >= 15 is 0 Å². The molecule has 0 fully saturated rings. The van der Waals surface area contributed by atoms with E-state index in [0.29, 0.717) is 5.65 Å². The van der Waals surface area contributed by atoms with Gasteiger partial charge in [-0.05, 0) is 16.0 Å². The van der Waals surface area contributed by atoms with Crippen LogP contribution in [0.4, 0.5) is 15.9 Å². The van der Waals surface area contributed by atoms with Gasteiger partial charge in [0.1, 0.15) is 10.7 Å². The van der Waals surface area contributed by atoms with E-state index in [1.165, 1.54) is 19.3 Å². The molecule has 0 saturated carbocycles. The topological polar surface area (TPSA) is 106 Å². The molecule has 0 spiro atoms. The predicted molar refractivity (Wildman–Crippen MR) is 81.6 cm³/mol. The van der Waals surface area contributed by atoms with E-state index in [9.17, 15) is 14.5 Å². The van der Waals surface area contributed by atoms with Crippen molar-refractivity contribution in [2.75, 3.05) is 12.4 Å². The smallest absolute Gasteiger partial charge is 0.388 e. The predicted octanol–water partition coefficient (Wildman–Crippen LogP) is 3.49. The Kier molecular flexibility index (Phi) is 3.70. The lowest BCUT2D eigenvalue weighted by Crippen LogP contribution is -2.01. The summed E-state index contributed by atoms with van der Waals surface area (Å²) >= 11 is 6.08. The van der Waals surface area contributed by atoms with Gasteiger partial charge in [0.25, 0.3) is 0 Å². The van der Waals surface area contributed by atoms with Crippen LogP contribution in [0.25, 0.3) is 11.0 Å². The highest BCUT2D eigenvalue weighted by molar-refractivity contribution is 6.35. The largest absolute Gasteiger partial charge is 0.447 e. The third-order valence-corrected chi connectivity index (χ3v) is 3.47. The third-order valence-electron chi connectivity index (χ3n) is 3.10. The highest BCUT2D eigenvalue weighted by Crippen LogP contribution is 2.39. The van der Waals surface area contributed by atoms with E-state index in [2.05, 4.69) is 20.3 Å². The van der Waals surface area contributed by atoms with E-state index in [4.69, 9.17) is 16.3 Å². The molecular formula is C13H9ClFN5O3. The fourth-order valence-corrected chi connectivity index (χ4v) is 2.31. The number of nitro groups is 1. The number of rotatable bonds is 4. The quantitative estimate of drug-likeness (QED) is 0.557. The number of hydrogen-bond donors (Lipinski definition) is 2. The average molecular weight is 338 g/mol. The molecule has 0 bridgehead atoms. The van der Waals surface area contributed by atoms with Gasteiger partial charge in [-0.3, -0.25) is 0 Å². The SMILES string of the molecule is CNc1c([N+](=O)[O-])ncc(Oc2cnc3[nH]ccc3c2F)c1Cl. The normalized spacial score (nSPS) is 10.7. The first kappa shape index (κ1) is 15.0. The highest BCUT2D eigenvalue weighted by Gasteiger charge is 2.23. The van der Waals surface area contributed by atoms with Crippen molar-refractivity contribution in [1.82, 2.24) is 15.0 Å². The zero-order valence-electron chi connectivity index (χ0n) is 11.6. The zero-order valence-corrected chi connectivity index (χ0v) is 12.4. The molecule has 10 heteroatoms. The Morgan fingerprint density at radius 3 is 2.83 bits per heavy atom. The molecule has 0 atom stereocenters. The van der Waals surface area contributed by atoms with Crippen LogP contribution >= 0.6 is 11.6 Å². The zero-order chi connectivity index (χ0) is 16.6. The van der Waals surface area contributed by atoms with E-state index < -0.39 is 16.6 Å². The van der Waals surface area contributed by atoms with Crippen LogP contribution in [0.3, 0.4) is 0 Å². The maximum absolute atomic E-state index is 14.3. The highest BCUT2D eigenvalue weighted by atomic mass is 35.5. The Hall–Kier alpha value is -2.94. The van der Waals surface area contributed by atoms with Crippen molar-refractivity contribution in [3.05, 3.63) is 45.6 Å². The summed E-state index contributed by atoms with van der Waals surface area (Å²) < 4.78 is 19.7. The second kappa shape index (κ2) is 5.69. The molecule has 118 valence electrons. The molecule has 0 saturated heterocycles. The van der Waals surface area contributed by atoms with Crippen molar-refractivity contribution in [3.8, 4) is 11.5 Å². The lowest BCUT2D eigenvalue weighted by Gasteiger charge is -2.10. The van der Waals surface area contributed by atoms with Crippen molar-refractivity contribution in [3.63, 3.8) is 0 Å². The molecule has 0 unspecified atom stereocenters. The van der Waals surface area contributed by atoms with Gasteiger partial charge in [0.2, 0.25) is 0 Å². The number of fused-ring (bicyclic) bond motifs is 1. The molecule has 8 nitrogen and oxygen atoms in total. The van der Waals surface area contributed by atoms with Crippen molar-refractivity contribution in [2.45, 2.75) is 0 Å². The fourth-order valence-electron chi connectivity index (χ4n) is 2.04. The van der Waals surface area contributed by atoms with Crippen molar-refractivity contribution < 1.29 is 14.1 Å². The average Bonchev–Trinajstić information content (AvgIpc) is 3.00. The van der Waals surface area contributed by atoms with Crippen LogP contribution in [0.1, 0.15) is 0 Å². The number of aromatic nitrogens is 3. The summed E-state index contributed by atoms with van der Waals surface area (Å²) in [6.45, 7) is 0. The van der Waals surface area contributed by atoms with Crippen LogP contribution < -0.4 is 10.1 Å². The van der Waals surface area contributed by atoms with E-state index in [1.807, 2.05) is 0 Å². The number of pyridine rings is 2. The van der Waals surface area contributed by atoms with Crippen LogP contribution in [-0.2, 0) is 0 Å². The summed E-state index contributed by atoms with van der Waals surface area (Å²) in [5.74, 6) is -1.28. The van der Waals surface area contributed by atoms with Gasteiger partial charge >= 0.3 is 5.82 Å². The van der Waals surface area contributed by atoms with Crippen molar-refractivity contribution >= 4 is 34.1 Å². The molecule has 0 aliphatic rings. The molecule has 2 N–H and O–H groups in total. The van der Waals surface area contributed by atoms with Gasteiger partial charge in [-0.15, -0.1) is 0 Å². The molecule has 3 aromatic heterocycles. The van der Waals surface area contributed by atoms with Crippen LogP contribution in [0.2, 0.25) is 5.02 Å². The maximum Gasteiger partial charge on any atom is 0.388 e.